The number of aliphatic hydroxyl groups is 1. The Kier molecular flexibility index (Phi) is 3.44. The second-order valence-electron chi connectivity index (χ2n) is 6.96. The van der Waals surface area contributed by atoms with Crippen LogP contribution in [0.3, 0.4) is 0 Å². The predicted octanol–water partition coefficient (Wildman–Crippen LogP) is 1.75. The van der Waals surface area contributed by atoms with Crippen molar-refractivity contribution in [2.75, 3.05) is 0 Å². The maximum Gasteiger partial charge on any atom is 0.334 e. The Hall–Kier alpha value is -1.62. The Morgan fingerprint density at radius 1 is 1.45 bits per heavy atom. The molecular formula is C17H22O5. The number of hydrogen-bond donors (Lipinski definition) is 1. The first-order valence-corrected chi connectivity index (χ1v) is 7.69. The van der Waals surface area contributed by atoms with Gasteiger partial charge in [-0.15, -0.1) is 0 Å². The van der Waals surface area contributed by atoms with Gasteiger partial charge in [-0.2, -0.15) is 0 Å². The summed E-state index contributed by atoms with van der Waals surface area (Å²) in [5.41, 5.74) is 0.353. The van der Waals surface area contributed by atoms with Gasteiger partial charge in [0.1, 0.15) is 12.2 Å². The summed E-state index contributed by atoms with van der Waals surface area (Å²) in [6.45, 7) is 11.1. The van der Waals surface area contributed by atoms with Crippen LogP contribution in [0.4, 0.5) is 0 Å². The van der Waals surface area contributed by atoms with E-state index >= 15 is 0 Å². The van der Waals surface area contributed by atoms with Crippen molar-refractivity contribution in [3.63, 3.8) is 0 Å². The Balaban J connectivity index is 2.04. The topological polar surface area (TPSA) is 72.8 Å². The summed E-state index contributed by atoms with van der Waals surface area (Å²) in [4.78, 5) is 23.4. The molecule has 1 aliphatic heterocycles. The SMILES string of the molecule is C=C1CC(OC(C)=O)C2C(=C)C(=O)OC2C2C1CCC2(C)O. The first-order chi connectivity index (χ1) is 10.2. The van der Waals surface area contributed by atoms with Crippen LogP contribution in [-0.4, -0.2) is 34.9 Å². The maximum absolute atomic E-state index is 12.0. The summed E-state index contributed by atoms with van der Waals surface area (Å²) in [5.74, 6) is -1.42. The second-order valence-corrected chi connectivity index (χ2v) is 6.96. The van der Waals surface area contributed by atoms with Crippen molar-refractivity contribution in [3.05, 3.63) is 24.3 Å². The summed E-state index contributed by atoms with van der Waals surface area (Å²) >= 11 is 0. The minimum absolute atomic E-state index is 0.0711. The molecule has 3 rings (SSSR count). The van der Waals surface area contributed by atoms with E-state index < -0.39 is 35.7 Å². The molecule has 0 amide bonds. The van der Waals surface area contributed by atoms with Gasteiger partial charge >= 0.3 is 11.9 Å². The lowest BCUT2D eigenvalue weighted by Gasteiger charge is -2.34. The van der Waals surface area contributed by atoms with Gasteiger partial charge in [0.2, 0.25) is 0 Å². The van der Waals surface area contributed by atoms with Crippen molar-refractivity contribution in [1.29, 1.82) is 0 Å². The highest BCUT2D eigenvalue weighted by atomic mass is 16.6. The molecule has 22 heavy (non-hydrogen) atoms. The number of esters is 2. The minimum atomic E-state index is -0.924. The highest BCUT2D eigenvalue weighted by Crippen LogP contribution is 2.54. The fourth-order valence-corrected chi connectivity index (χ4v) is 4.47. The maximum atomic E-state index is 12.0. The van der Waals surface area contributed by atoms with Crippen molar-refractivity contribution in [2.45, 2.75) is 50.9 Å². The molecule has 120 valence electrons. The molecule has 0 aromatic heterocycles. The molecule has 3 fully saturated rings. The zero-order valence-electron chi connectivity index (χ0n) is 13.0. The smallest absolute Gasteiger partial charge is 0.334 e. The molecule has 0 bridgehead atoms. The molecule has 0 radical (unpaired) electrons. The molecule has 5 heteroatoms. The van der Waals surface area contributed by atoms with Gasteiger partial charge in [0, 0.05) is 24.8 Å². The molecule has 6 unspecified atom stereocenters. The van der Waals surface area contributed by atoms with Gasteiger partial charge in [-0.25, -0.2) is 4.79 Å². The first kappa shape index (κ1) is 15.3. The number of rotatable bonds is 1. The van der Waals surface area contributed by atoms with Crippen LogP contribution in [0.15, 0.2) is 24.3 Å². The first-order valence-electron chi connectivity index (χ1n) is 7.69. The van der Waals surface area contributed by atoms with Crippen molar-refractivity contribution >= 4 is 11.9 Å². The molecule has 3 aliphatic rings. The molecule has 2 aliphatic carbocycles. The third-order valence-electron chi connectivity index (χ3n) is 5.43. The van der Waals surface area contributed by atoms with Crippen LogP contribution < -0.4 is 0 Å². The van der Waals surface area contributed by atoms with E-state index in [1.54, 1.807) is 6.92 Å². The van der Waals surface area contributed by atoms with Crippen molar-refractivity contribution < 1.29 is 24.2 Å². The van der Waals surface area contributed by atoms with E-state index in [4.69, 9.17) is 9.47 Å². The third kappa shape index (κ3) is 2.19. The Morgan fingerprint density at radius 2 is 2.14 bits per heavy atom. The average molecular weight is 306 g/mol. The van der Waals surface area contributed by atoms with Gasteiger partial charge in [-0.3, -0.25) is 4.79 Å². The highest BCUT2D eigenvalue weighted by Gasteiger charge is 2.59. The zero-order chi connectivity index (χ0) is 16.2. The number of fused-ring (bicyclic) bond motifs is 3. The monoisotopic (exact) mass is 306 g/mol. The van der Waals surface area contributed by atoms with Crippen LogP contribution in [0.5, 0.6) is 0 Å². The summed E-state index contributed by atoms with van der Waals surface area (Å²) in [6.07, 6.45) is 0.915. The summed E-state index contributed by atoms with van der Waals surface area (Å²) < 4.78 is 11.0. The summed E-state index contributed by atoms with van der Waals surface area (Å²) in [6, 6.07) is 0. The molecule has 1 heterocycles. The third-order valence-corrected chi connectivity index (χ3v) is 5.43. The quantitative estimate of drug-likeness (QED) is 0.454. The van der Waals surface area contributed by atoms with Crippen molar-refractivity contribution in [2.24, 2.45) is 17.8 Å². The molecule has 6 atom stereocenters. The largest absolute Gasteiger partial charge is 0.461 e. The molecule has 1 N–H and O–H groups in total. The molecule has 0 aromatic rings. The lowest BCUT2D eigenvalue weighted by Crippen LogP contribution is -2.44. The van der Waals surface area contributed by atoms with E-state index in [-0.39, 0.29) is 11.8 Å². The van der Waals surface area contributed by atoms with Crippen LogP contribution in [-0.2, 0) is 19.1 Å². The van der Waals surface area contributed by atoms with Gasteiger partial charge in [0.25, 0.3) is 0 Å². The Labute approximate surface area is 130 Å². The average Bonchev–Trinajstić information content (AvgIpc) is 2.81. The van der Waals surface area contributed by atoms with Crippen LogP contribution >= 0.6 is 0 Å². The fraction of sp³-hybridized carbons (Fsp3) is 0.647. The van der Waals surface area contributed by atoms with Crippen molar-refractivity contribution in [1.82, 2.24) is 0 Å². The number of carbonyl (C=O) groups excluding carboxylic acids is 2. The molecule has 2 saturated carbocycles. The zero-order valence-corrected chi connectivity index (χ0v) is 13.0. The molecule has 0 aromatic carbocycles. The van der Waals surface area contributed by atoms with Gasteiger partial charge in [-0.05, 0) is 25.7 Å². The predicted molar refractivity (Wildman–Crippen MR) is 78.7 cm³/mol. The second kappa shape index (κ2) is 4.95. The van der Waals surface area contributed by atoms with Gasteiger partial charge in [-0.1, -0.05) is 18.7 Å². The summed E-state index contributed by atoms with van der Waals surface area (Å²) in [7, 11) is 0. The minimum Gasteiger partial charge on any atom is -0.461 e. The number of carbonyl (C=O) groups is 2. The molecule has 5 nitrogen and oxygen atoms in total. The standard InChI is InChI=1S/C17H22O5/c1-8-7-12(21-10(3)18)13-9(2)16(19)22-15(13)14-11(8)5-6-17(14,4)20/h11-15,20H,1-2,5-7H2,3-4H3. The van der Waals surface area contributed by atoms with E-state index in [2.05, 4.69) is 13.2 Å². The van der Waals surface area contributed by atoms with E-state index in [1.807, 2.05) is 0 Å². The van der Waals surface area contributed by atoms with E-state index in [1.165, 1.54) is 6.92 Å². The molecule has 1 saturated heterocycles. The molecular weight excluding hydrogens is 284 g/mol. The molecule has 0 spiro atoms. The van der Waals surface area contributed by atoms with Crippen LogP contribution in [0.1, 0.15) is 33.1 Å². The van der Waals surface area contributed by atoms with E-state index in [0.29, 0.717) is 18.4 Å². The number of hydrogen-bond acceptors (Lipinski definition) is 5. The summed E-state index contributed by atoms with van der Waals surface area (Å²) in [5, 5.41) is 10.8. The number of ether oxygens (including phenoxy) is 2. The van der Waals surface area contributed by atoms with Gasteiger partial charge in [0.15, 0.2) is 0 Å². The lowest BCUT2D eigenvalue weighted by molar-refractivity contribution is -0.153. The fourth-order valence-electron chi connectivity index (χ4n) is 4.47. The highest BCUT2D eigenvalue weighted by molar-refractivity contribution is 5.91. The Bertz CT molecular complexity index is 561. The Morgan fingerprint density at radius 3 is 2.77 bits per heavy atom. The van der Waals surface area contributed by atoms with Crippen molar-refractivity contribution in [3.8, 4) is 0 Å². The normalized spacial score (nSPS) is 44.1. The van der Waals surface area contributed by atoms with E-state index in [0.717, 1.165) is 12.0 Å². The van der Waals surface area contributed by atoms with Crippen LogP contribution in [0.2, 0.25) is 0 Å². The van der Waals surface area contributed by atoms with Crippen LogP contribution in [0.25, 0.3) is 0 Å². The van der Waals surface area contributed by atoms with Gasteiger partial charge < -0.3 is 14.6 Å². The van der Waals surface area contributed by atoms with Gasteiger partial charge in [0.05, 0.1) is 11.5 Å². The lowest BCUT2D eigenvalue weighted by atomic mass is 9.77. The van der Waals surface area contributed by atoms with E-state index in [9.17, 15) is 14.7 Å². The van der Waals surface area contributed by atoms with Crippen LogP contribution in [0, 0.1) is 17.8 Å².